The molecule has 1 rings (SSSR count). The van der Waals surface area contributed by atoms with Crippen molar-refractivity contribution in [3.05, 3.63) is 60.0 Å². The molecule has 0 N–H and O–H groups in total. The van der Waals surface area contributed by atoms with Crippen LogP contribution in [0.25, 0.3) is 0 Å². The first kappa shape index (κ1) is 14.7. The Labute approximate surface area is 110 Å². The predicted octanol–water partition coefficient (Wildman–Crippen LogP) is 5.62. The van der Waals surface area contributed by atoms with Crippen LogP contribution in [0.3, 0.4) is 0 Å². The topological polar surface area (TPSA) is 0 Å². The van der Waals surface area contributed by atoms with Gasteiger partial charge in [-0.25, -0.2) is 4.39 Å². The summed E-state index contributed by atoms with van der Waals surface area (Å²) in [5, 5.41) is 0. The van der Waals surface area contributed by atoms with Crippen LogP contribution in [0.5, 0.6) is 0 Å². The molecular weight excluding hydrogens is 223 g/mol. The second-order valence-electron chi connectivity index (χ2n) is 4.80. The van der Waals surface area contributed by atoms with Gasteiger partial charge in [-0.1, -0.05) is 63.1 Å². The third kappa shape index (κ3) is 3.83. The SMILES string of the molecule is C=C(CCC)C(C(=C)CCC)c1ccc(F)cc1. The second-order valence-corrected chi connectivity index (χ2v) is 4.80. The monoisotopic (exact) mass is 246 g/mol. The Morgan fingerprint density at radius 1 is 1.00 bits per heavy atom. The number of hydrogen-bond donors (Lipinski definition) is 0. The molecule has 0 saturated carbocycles. The molecule has 1 aromatic carbocycles. The fourth-order valence-corrected chi connectivity index (χ4v) is 2.35. The van der Waals surface area contributed by atoms with E-state index in [1.807, 2.05) is 12.1 Å². The van der Waals surface area contributed by atoms with Crippen molar-refractivity contribution in [1.29, 1.82) is 0 Å². The highest BCUT2D eigenvalue weighted by molar-refractivity contribution is 5.36. The molecule has 0 radical (unpaired) electrons. The van der Waals surface area contributed by atoms with Crippen LogP contribution in [0, 0.1) is 5.82 Å². The van der Waals surface area contributed by atoms with E-state index in [0.717, 1.165) is 31.2 Å². The third-order valence-electron chi connectivity index (χ3n) is 3.16. The van der Waals surface area contributed by atoms with Crippen LogP contribution in [0.1, 0.15) is 51.0 Å². The Kier molecular flexibility index (Phi) is 5.84. The smallest absolute Gasteiger partial charge is 0.123 e. The predicted molar refractivity (Wildman–Crippen MR) is 77.2 cm³/mol. The Morgan fingerprint density at radius 3 is 1.83 bits per heavy atom. The van der Waals surface area contributed by atoms with Crippen LogP contribution in [-0.2, 0) is 0 Å². The highest BCUT2D eigenvalue weighted by atomic mass is 19.1. The van der Waals surface area contributed by atoms with Crippen LogP contribution in [0.4, 0.5) is 4.39 Å². The van der Waals surface area contributed by atoms with Crippen LogP contribution in [0.15, 0.2) is 48.6 Å². The lowest BCUT2D eigenvalue weighted by molar-refractivity contribution is 0.626. The standard InChI is InChI=1S/C17H23F/c1-5-7-13(3)17(14(4)8-6-2)15-9-11-16(18)12-10-15/h9-12,17H,3-8H2,1-2H3. The second kappa shape index (κ2) is 7.15. The average molecular weight is 246 g/mol. The van der Waals surface area contributed by atoms with E-state index in [4.69, 9.17) is 0 Å². The van der Waals surface area contributed by atoms with Gasteiger partial charge in [0.05, 0.1) is 0 Å². The maximum atomic E-state index is 13.0. The molecule has 0 aliphatic heterocycles. The highest BCUT2D eigenvalue weighted by Crippen LogP contribution is 2.34. The van der Waals surface area contributed by atoms with Gasteiger partial charge in [-0.15, -0.1) is 0 Å². The van der Waals surface area contributed by atoms with Gasteiger partial charge in [-0.2, -0.15) is 0 Å². The van der Waals surface area contributed by atoms with Crippen LogP contribution in [-0.4, -0.2) is 0 Å². The van der Waals surface area contributed by atoms with Crippen LogP contribution < -0.4 is 0 Å². The van der Waals surface area contributed by atoms with Gasteiger partial charge < -0.3 is 0 Å². The van der Waals surface area contributed by atoms with E-state index in [2.05, 4.69) is 27.0 Å². The molecule has 0 aliphatic carbocycles. The molecule has 0 heterocycles. The molecule has 98 valence electrons. The van der Waals surface area contributed by atoms with Gasteiger partial charge in [0.2, 0.25) is 0 Å². The largest absolute Gasteiger partial charge is 0.207 e. The van der Waals surface area contributed by atoms with E-state index < -0.39 is 0 Å². The van der Waals surface area contributed by atoms with Gasteiger partial charge in [0, 0.05) is 5.92 Å². The van der Waals surface area contributed by atoms with Gasteiger partial charge in [-0.3, -0.25) is 0 Å². The lowest BCUT2D eigenvalue weighted by Crippen LogP contribution is -2.05. The molecule has 0 amide bonds. The molecule has 0 bridgehead atoms. The zero-order valence-electron chi connectivity index (χ0n) is 11.5. The Bertz CT molecular complexity index is 382. The summed E-state index contributed by atoms with van der Waals surface area (Å²) >= 11 is 0. The van der Waals surface area contributed by atoms with Gasteiger partial charge in [0.25, 0.3) is 0 Å². The molecule has 18 heavy (non-hydrogen) atoms. The number of rotatable bonds is 7. The Balaban J connectivity index is 2.99. The van der Waals surface area contributed by atoms with Gasteiger partial charge in [0.1, 0.15) is 5.82 Å². The number of allylic oxidation sites excluding steroid dienone is 2. The molecule has 0 atom stereocenters. The van der Waals surface area contributed by atoms with Gasteiger partial charge in [0.15, 0.2) is 0 Å². The minimum Gasteiger partial charge on any atom is -0.207 e. The number of hydrogen-bond acceptors (Lipinski definition) is 0. The fraction of sp³-hybridized carbons (Fsp3) is 0.412. The van der Waals surface area contributed by atoms with Gasteiger partial charge in [-0.05, 0) is 30.5 Å². The molecule has 0 spiro atoms. The molecule has 0 aliphatic rings. The minimum atomic E-state index is -0.195. The van der Waals surface area contributed by atoms with Crippen molar-refractivity contribution in [3.63, 3.8) is 0 Å². The molecule has 1 aromatic rings. The molecular formula is C17H23F. The average Bonchev–Trinajstić information content (AvgIpc) is 2.33. The molecule has 0 fully saturated rings. The molecule has 0 aromatic heterocycles. The molecule has 0 nitrogen and oxygen atoms in total. The summed E-state index contributed by atoms with van der Waals surface area (Å²) in [5.74, 6) is -0.0230. The van der Waals surface area contributed by atoms with E-state index in [0.29, 0.717) is 0 Å². The summed E-state index contributed by atoms with van der Waals surface area (Å²) in [7, 11) is 0. The van der Waals surface area contributed by atoms with E-state index in [1.165, 1.54) is 23.3 Å². The summed E-state index contributed by atoms with van der Waals surface area (Å²) in [6.45, 7) is 12.7. The van der Waals surface area contributed by atoms with Gasteiger partial charge >= 0.3 is 0 Å². The maximum absolute atomic E-state index is 13.0. The van der Waals surface area contributed by atoms with Crippen molar-refractivity contribution in [3.8, 4) is 0 Å². The molecule has 0 unspecified atom stereocenters. The maximum Gasteiger partial charge on any atom is 0.123 e. The van der Waals surface area contributed by atoms with Crippen molar-refractivity contribution < 1.29 is 4.39 Å². The minimum absolute atomic E-state index is 0.172. The van der Waals surface area contributed by atoms with E-state index in [1.54, 1.807) is 0 Å². The molecule has 1 heteroatoms. The normalized spacial score (nSPS) is 10.7. The Hall–Kier alpha value is -1.37. The first-order valence-corrected chi connectivity index (χ1v) is 6.70. The zero-order chi connectivity index (χ0) is 13.5. The highest BCUT2D eigenvalue weighted by Gasteiger charge is 2.17. The fourth-order valence-electron chi connectivity index (χ4n) is 2.35. The quantitative estimate of drug-likeness (QED) is 0.547. The van der Waals surface area contributed by atoms with E-state index in [9.17, 15) is 4.39 Å². The lowest BCUT2D eigenvalue weighted by atomic mass is 9.82. The van der Waals surface area contributed by atoms with E-state index in [-0.39, 0.29) is 11.7 Å². The number of halogens is 1. The molecule has 0 saturated heterocycles. The van der Waals surface area contributed by atoms with Crippen molar-refractivity contribution in [2.45, 2.75) is 45.4 Å². The zero-order valence-corrected chi connectivity index (χ0v) is 11.5. The summed E-state index contributed by atoms with van der Waals surface area (Å²) in [6, 6.07) is 6.73. The van der Waals surface area contributed by atoms with Crippen molar-refractivity contribution in [2.24, 2.45) is 0 Å². The van der Waals surface area contributed by atoms with Crippen LogP contribution >= 0.6 is 0 Å². The Morgan fingerprint density at radius 2 is 1.44 bits per heavy atom. The van der Waals surface area contributed by atoms with Crippen LogP contribution in [0.2, 0.25) is 0 Å². The van der Waals surface area contributed by atoms with Crippen molar-refractivity contribution in [2.75, 3.05) is 0 Å². The van der Waals surface area contributed by atoms with E-state index >= 15 is 0 Å². The number of benzene rings is 1. The van der Waals surface area contributed by atoms with Crippen molar-refractivity contribution >= 4 is 0 Å². The first-order chi connectivity index (χ1) is 8.60. The first-order valence-electron chi connectivity index (χ1n) is 6.70. The summed E-state index contributed by atoms with van der Waals surface area (Å²) in [6.07, 6.45) is 4.14. The third-order valence-corrected chi connectivity index (χ3v) is 3.16. The summed E-state index contributed by atoms with van der Waals surface area (Å²) in [4.78, 5) is 0. The summed E-state index contributed by atoms with van der Waals surface area (Å²) in [5.41, 5.74) is 3.47. The van der Waals surface area contributed by atoms with Crippen molar-refractivity contribution in [1.82, 2.24) is 0 Å². The summed E-state index contributed by atoms with van der Waals surface area (Å²) < 4.78 is 13.0. The lowest BCUT2D eigenvalue weighted by Gasteiger charge is -2.22.